The maximum atomic E-state index is 11.2. The highest BCUT2D eigenvalue weighted by Crippen LogP contribution is 2.07. The fourth-order valence-electron chi connectivity index (χ4n) is 2.20. The number of carbonyl (C=O) groups excluding carboxylic acids is 1. The van der Waals surface area contributed by atoms with Gasteiger partial charge in [0.25, 0.3) is 0 Å². The zero-order chi connectivity index (χ0) is 15.1. The summed E-state index contributed by atoms with van der Waals surface area (Å²) >= 11 is 0. The van der Waals surface area contributed by atoms with Crippen molar-refractivity contribution in [3.05, 3.63) is 71.3 Å². The number of rotatable bonds is 7. The van der Waals surface area contributed by atoms with Crippen molar-refractivity contribution < 1.29 is 9.90 Å². The molecule has 4 heteroatoms. The van der Waals surface area contributed by atoms with Crippen molar-refractivity contribution in [3.8, 4) is 0 Å². The lowest BCUT2D eigenvalue weighted by Crippen LogP contribution is -2.34. The van der Waals surface area contributed by atoms with E-state index in [1.165, 1.54) is 5.56 Å². The van der Waals surface area contributed by atoms with Crippen LogP contribution in [0.2, 0.25) is 0 Å². The molecule has 4 N–H and O–H groups in total. The van der Waals surface area contributed by atoms with Crippen LogP contribution in [0.15, 0.2) is 54.6 Å². The van der Waals surface area contributed by atoms with Gasteiger partial charge in [0, 0.05) is 18.2 Å². The van der Waals surface area contributed by atoms with E-state index in [0.29, 0.717) is 12.1 Å². The number of nitrogens with two attached hydrogens (primary N) is 1. The van der Waals surface area contributed by atoms with Crippen molar-refractivity contribution in [1.82, 2.24) is 5.32 Å². The van der Waals surface area contributed by atoms with E-state index >= 15 is 0 Å². The Labute approximate surface area is 124 Å². The lowest BCUT2D eigenvalue weighted by molar-refractivity contribution is 0.1000. The second-order valence-corrected chi connectivity index (χ2v) is 5.01. The molecule has 2 rings (SSSR count). The first-order valence-electron chi connectivity index (χ1n) is 6.96. The molecule has 0 spiro atoms. The lowest BCUT2D eigenvalue weighted by Gasteiger charge is -2.16. The third-order valence-electron chi connectivity index (χ3n) is 3.35. The summed E-state index contributed by atoms with van der Waals surface area (Å²) in [5, 5.41) is 12.8. The average Bonchev–Trinajstić information content (AvgIpc) is 2.52. The van der Waals surface area contributed by atoms with Crippen LogP contribution in [-0.4, -0.2) is 23.7 Å². The third kappa shape index (κ3) is 4.70. The van der Waals surface area contributed by atoms with Crippen molar-refractivity contribution in [1.29, 1.82) is 0 Å². The first-order chi connectivity index (χ1) is 10.2. The molecule has 0 saturated heterocycles. The van der Waals surface area contributed by atoms with Crippen molar-refractivity contribution in [2.24, 2.45) is 5.73 Å². The van der Waals surface area contributed by atoms with Crippen molar-refractivity contribution in [2.75, 3.05) is 6.61 Å². The second-order valence-electron chi connectivity index (χ2n) is 5.01. The van der Waals surface area contributed by atoms with Crippen LogP contribution >= 0.6 is 0 Å². The minimum atomic E-state index is -0.431. The van der Waals surface area contributed by atoms with E-state index in [0.717, 1.165) is 12.0 Å². The lowest BCUT2D eigenvalue weighted by atomic mass is 10.1. The third-order valence-corrected chi connectivity index (χ3v) is 3.35. The van der Waals surface area contributed by atoms with Gasteiger partial charge in [0.1, 0.15) is 0 Å². The Morgan fingerprint density at radius 3 is 2.48 bits per heavy atom. The highest BCUT2D eigenvalue weighted by Gasteiger charge is 2.08. The van der Waals surface area contributed by atoms with Gasteiger partial charge in [-0.05, 0) is 29.7 Å². The molecule has 0 unspecified atom stereocenters. The summed E-state index contributed by atoms with van der Waals surface area (Å²) in [6, 6.07) is 17.2. The molecule has 0 aliphatic carbocycles. The molecule has 0 fully saturated rings. The predicted molar refractivity (Wildman–Crippen MR) is 82.8 cm³/mol. The molecule has 2 aromatic carbocycles. The summed E-state index contributed by atoms with van der Waals surface area (Å²) < 4.78 is 0. The first kappa shape index (κ1) is 15.2. The van der Waals surface area contributed by atoms with Crippen LogP contribution in [0.1, 0.15) is 21.5 Å². The van der Waals surface area contributed by atoms with Gasteiger partial charge in [0.15, 0.2) is 0 Å². The Morgan fingerprint density at radius 1 is 1.10 bits per heavy atom. The van der Waals surface area contributed by atoms with E-state index in [1.54, 1.807) is 12.1 Å². The molecule has 1 amide bonds. The van der Waals surface area contributed by atoms with Crippen molar-refractivity contribution in [3.63, 3.8) is 0 Å². The Kier molecular flexibility index (Phi) is 5.49. The maximum absolute atomic E-state index is 11.2. The number of primary amides is 1. The zero-order valence-corrected chi connectivity index (χ0v) is 11.8. The molecular weight excluding hydrogens is 264 g/mol. The van der Waals surface area contributed by atoms with Crippen molar-refractivity contribution >= 4 is 5.91 Å². The largest absolute Gasteiger partial charge is 0.395 e. The molecule has 110 valence electrons. The summed E-state index contributed by atoms with van der Waals surface area (Å²) in [5.74, 6) is -0.431. The Balaban J connectivity index is 1.94. The quantitative estimate of drug-likeness (QED) is 0.721. The molecule has 0 saturated carbocycles. The van der Waals surface area contributed by atoms with Gasteiger partial charge >= 0.3 is 0 Å². The van der Waals surface area contributed by atoms with Crippen LogP contribution in [-0.2, 0) is 13.0 Å². The summed E-state index contributed by atoms with van der Waals surface area (Å²) in [6.45, 7) is 0.642. The standard InChI is InChI=1S/C17H20N2O2/c18-17(21)15-8-4-7-14(9-15)11-19-16(12-20)10-13-5-2-1-3-6-13/h1-9,16,19-20H,10-12H2,(H2,18,21)/t16-/m1/s1. The minimum Gasteiger partial charge on any atom is -0.395 e. The van der Waals surface area contributed by atoms with Crippen LogP contribution in [0.25, 0.3) is 0 Å². The van der Waals surface area contributed by atoms with Gasteiger partial charge < -0.3 is 16.2 Å². The van der Waals surface area contributed by atoms with E-state index in [-0.39, 0.29) is 12.6 Å². The van der Waals surface area contributed by atoms with Crippen LogP contribution in [0.4, 0.5) is 0 Å². The van der Waals surface area contributed by atoms with E-state index in [4.69, 9.17) is 5.73 Å². The van der Waals surface area contributed by atoms with E-state index in [9.17, 15) is 9.90 Å². The van der Waals surface area contributed by atoms with Gasteiger partial charge in [0.05, 0.1) is 6.61 Å². The second kappa shape index (κ2) is 7.57. The molecule has 0 aromatic heterocycles. The molecule has 0 heterocycles. The van der Waals surface area contributed by atoms with E-state index in [2.05, 4.69) is 5.32 Å². The molecule has 0 bridgehead atoms. The zero-order valence-electron chi connectivity index (χ0n) is 11.8. The number of benzene rings is 2. The van der Waals surface area contributed by atoms with Gasteiger partial charge in [-0.25, -0.2) is 0 Å². The molecule has 1 atom stereocenters. The molecule has 0 aliphatic heterocycles. The van der Waals surface area contributed by atoms with Crippen LogP contribution in [0, 0.1) is 0 Å². The van der Waals surface area contributed by atoms with Gasteiger partial charge in [-0.1, -0.05) is 42.5 Å². The smallest absolute Gasteiger partial charge is 0.248 e. The number of hydrogen-bond acceptors (Lipinski definition) is 3. The van der Waals surface area contributed by atoms with Gasteiger partial charge in [-0.3, -0.25) is 4.79 Å². The fourth-order valence-corrected chi connectivity index (χ4v) is 2.20. The number of amides is 1. The van der Waals surface area contributed by atoms with Crippen LogP contribution in [0.3, 0.4) is 0 Å². The Bertz CT molecular complexity index is 584. The van der Waals surface area contributed by atoms with Gasteiger partial charge in [-0.2, -0.15) is 0 Å². The first-order valence-corrected chi connectivity index (χ1v) is 6.96. The summed E-state index contributed by atoms with van der Waals surface area (Å²) in [5.41, 5.74) is 7.91. The van der Waals surface area contributed by atoms with E-state index in [1.807, 2.05) is 42.5 Å². The normalized spacial score (nSPS) is 12.0. The molecule has 0 radical (unpaired) electrons. The Morgan fingerprint density at radius 2 is 1.81 bits per heavy atom. The monoisotopic (exact) mass is 284 g/mol. The molecule has 2 aromatic rings. The molecule has 0 aliphatic rings. The SMILES string of the molecule is NC(=O)c1cccc(CN[C@@H](CO)Cc2ccccc2)c1. The topological polar surface area (TPSA) is 75.4 Å². The molecule has 4 nitrogen and oxygen atoms in total. The number of aliphatic hydroxyl groups excluding tert-OH is 1. The number of carbonyl (C=O) groups is 1. The number of aliphatic hydroxyl groups is 1. The highest BCUT2D eigenvalue weighted by atomic mass is 16.3. The van der Waals surface area contributed by atoms with Crippen LogP contribution < -0.4 is 11.1 Å². The number of nitrogens with one attached hydrogen (secondary N) is 1. The summed E-state index contributed by atoms with van der Waals surface area (Å²) in [7, 11) is 0. The number of hydrogen-bond donors (Lipinski definition) is 3. The summed E-state index contributed by atoms with van der Waals surface area (Å²) in [6.07, 6.45) is 0.757. The van der Waals surface area contributed by atoms with Gasteiger partial charge in [-0.15, -0.1) is 0 Å². The summed E-state index contributed by atoms with van der Waals surface area (Å²) in [4.78, 5) is 11.2. The molecular formula is C17H20N2O2. The van der Waals surface area contributed by atoms with Gasteiger partial charge in [0.2, 0.25) is 5.91 Å². The highest BCUT2D eigenvalue weighted by molar-refractivity contribution is 5.92. The average molecular weight is 284 g/mol. The maximum Gasteiger partial charge on any atom is 0.248 e. The van der Waals surface area contributed by atoms with Crippen LogP contribution in [0.5, 0.6) is 0 Å². The Hall–Kier alpha value is -2.17. The molecule has 21 heavy (non-hydrogen) atoms. The fraction of sp³-hybridized carbons (Fsp3) is 0.235. The van der Waals surface area contributed by atoms with Crippen molar-refractivity contribution in [2.45, 2.75) is 19.0 Å². The minimum absolute atomic E-state index is 0.0235. The van der Waals surface area contributed by atoms with E-state index < -0.39 is 5.91 Å². The predicted octanol–water partition coefficient (Wildman–Crippen LogP) is 1.48.